The van der Waals surface area contributed by atoms with Crippen molar-refractivity contribution in [3.63, 3.8) is 0 Å². The van der Waals surface area contributed by atoms with E-state index in [1.165, 1.54) is 14.2 Å². The Bertz CT molecular complexity index is 896. The summed E-state index contributed by atoms with van der Waals surface area (Å²) in [6.07, 6.45) is 2.45. The third kappa shape index (κ3) is 6.31. The molecule has 0 bridgehead atoms. The van der Waals surface area contributed by atoms with Crippen LogP contribution in [0.1, 0.15) is 51.1 Å². The SMILES string of the molecule is COc1ccc(C(=O)NCCCCCNC(=O)c2ccc(OC)c(C)c2OC)c(OC)c1C. The maximum Gasteiger partial charge on any atom is 0.255 e. The fourth-order valence-electron chi connectivity index (χ4n) is 3.69. The molecule has 0 radical (unpaired) electrons. The van der Waals surface area contributed by atoms with Crippen LogP contribution in [0.15, 0.2) is 24.3 Å². The second-order valence-electron chi connectivity index (χ2n) is 7.52. The summed E-state index contributed by atoms with van der Waals surface area (Å²) in [4.78, 5) is 25.1. The van der Waals surface area contributed by atoms with Gasteiger partial charge in [-0.3, -0.25) is 9.59 Å². The van der Waals surface area contributed by atoms with E-state index in [-0.39, 0.29) is 11.8 Å². The molecule has 2 amide bonds. The zero-order chi connectivity index (χ0) is 24.4. The fraction of sp³-hybridized carbons (Fsp3) is 0.440. The number of hydrogen-bond acceptors (Lipinski definition) is 6. The van der Waals surface area contributed by atoms with E-state index in [4.69, 9.17) is 18.9 Å². The van der Waals surface area contributed by atoms with Gasteiger partial charge in [0.2, 0.25) is 0 Å². The Morgan fingerprint density at radius 3 is 1.36 bits per heavy atom. The molecule has 0 spiro atoms. The van der Waals surface area contributed by atoms with Crippen molar-refractivity contribution < 1.29 is 28.5 Å². The smallest absolute Gasteiger partial charge is 0.255 e. The number of unbranched alkanes of at least 4 members (excludes halogenated alkanes) is 2. The average molecular weight is 459 g/mol. The Morgan fingerprint density at radius 2 is 1.03 bits per heavy atom. The van der Waals surface area contributed by atoms with Gasteiger partial charge in [-0.1, -0.05) is 0 Å². The predicted molar refractivity (Wildman–Crippen MR) is 127 cm³/mol. The fourth-order valence-corrected chi connectivity index (χ4v) is 3.69. The summed E-state index contributed by atoms with van der Waals surface area (Å²) in [6, 6.07) is 6.92. The largest absolute Gasteiger partial charge is 0.496 e. The van der Waals surface area contributed by atoms with Crippen molar-refractivity contribution in [3.8, 4) is 23.0 Å². The van der Waals surface area contributed by atoms with E-state index in [0.717, 1.165) is 30.4 Å². The summed E-state index contributed by atoms with van der Waals surface area (Å²) >= 11 is 0. The lowest BCUT2D eigenvalue weighted by Crippen LogP contribution is -2.26. The van der Waals surface area contributed by atoms with Crippen molar-refractivity contribution in [1.82, 2.24) is 10.6 Å². The number of benzene rings is 2. The molecule has 2 rings (SSSR count). The van der Waals surface area contributed by atoms with E-state index in [0.29, 0.717) is 47.2 Å². The average Bonchev–Trinajstić information content (AvgIpc) is 2.82. The Balaban J connectivity index is 1.77. The van der Waals surface area contributed by atoms with Crippen molar-refractivity contribution in [1.29, 1.82) is 0 Å². The lowest BCUT2D eigenvalue weighted by atomic mass is 10.1. The van der Waals surface area contributed by atoms with E-state index in [2.05, 4.69) is 10.6 Å². The van der Waals surface area contributed by atoms with Crippen LogP contribution in [0.3, 0.4) is 0 Å². The summed E-state index contributed by atoms with van der Waals surface area (Å²) < 4.78 is 21.4. The molecule has 2 N–H and O–H groups in total. The second-order valence-corrected chi connectivity index (χ2v) is 7.52. The molecule has 2 aromatic rings. The van der Waals surface area contributed by atoms with Gasteiger partial charge in [-0.25, -0.2) is 0 Å². The number of carbonyl (C=O) groups is 2. The molecule has 8 heteroatoms. The third-order valence-electron chi connectivity index (χ3n) is 5.47. The van der Waals surface area contributed by atoms with Crippen molar-refractivity contribution >= 4 is 11.8 Å². The van der Waals surface area contributed by atoms with Crippen LogP contribution in [0.25, 0.3) is 0 Å². The highest BCUT2D eigenvalue weighted by Gasteiger charge is 2.18. The quantitative estimate of drug-likeness (QED) is 0.471. The highest BCUT2D eigenvalue weighted by molar-refractivity contribution is 5.98. The molecule has 0 atom stereocenters. The van der Waals surface area contributed by atoms with Gasteiger partial charge in [0.05, 0.1) is 39.6 Å². The van der Waals surface area contributed by atoms with Gasteiger partial charge in [0.1, 0.15) is 23.0 Å². The molecule has 180 valence electrons. The summed E-state index contributed by atoms with van der Waals surface area (Å²) in [5, 5.41) is 5.84. The van der Waals surface area contributed by atoms with Crippen molar-refractivity contribution in [2.45, 2.75) is 33.1 Å². The number of amides is 2. The van der Waals surface area contributed by atoms with Crippen LogP contribution in [-0.2, 0) is 0 Å². The van der Waals surface area contributed by atoms with Crippen LogP contribution < -0.4 is 29.6 Å². The molecule has 0 aliphatic heterocycles. The summed E-state index contributed by atoms with van der Waals surface area (Å²) in [5.41, 5.74) is 2.53. The molecule has 0 fully saturated rings. The second kappa shape index (κ2) is 12.6. The predicted octanol–water partition coefficient (Wildman–Crippen LogP) is 3.67. The monoisotopic (exact) mass is 458 g/mol. The van der Waals surface area contributed by atoms with E-state index in [1.807, 2.05) is 13.8 Å². The van der Waals surface area contributed by atoms with Gasteiger partial charge in [-0.15, -0.1) is 0 Å². The summed E-state index contributed by atoms with van der Waals surface area (Å²) in [7, 11) is 6.24. The molecule has 0 saturated carbocycles. The highest BCUT2D eigenvalue weighted by Crippen LogP contribution is 2.32. The first kappa shape index (κ1) is 25.8. The van der Waals surface area contributed by atoms with Crippen molar-refractivity contribution in [3.05, 3.63) is 46.5 Å². The van der Waals surface area contributed by atoms with Gasteiger partial charge in [0.25, 0.3) is 11.8 Å². The number of nitrogens with one attached hydrogen (secondary N) is 2. The summed E-state index contributed by atoms with van der Waals surface area (Å²) in [6.45, 7) is 4.77. The third-order valence-corrected chi connectivity index (χ3v) is 5.47. The first-order chi connectivity index (χ1) is 15.9. The number of rotatable bonds is 12. The zero-order valence-electron chi connectivity index (χ0n) is 20.3. The van der Waals surface area contributed by atoms with E-state index in [1.54, 1.807) is 38.5 Å². The molecule has 8 nitrogen and oxygen atoms in total. The maximum absolute atomic E-state index is 12.5. The molecule has 0 aliphatic rings. The topological polar surface area (TPSA) is 95.1 Å². The van der Waals surface area contributed by atoms with Crippen LogP contribution in [0.5, 0.6) is 23.0 Å². The Hall–Kier alpha value is -3.42. The van der Waals surface area contributed by atoms with Crippen LogP contribution in [-0.4, -0.2) is 53.3 Å². The Labute approximate surface area is 195 Å². The first-order valence-corrected chi connectivity index (χ1v) is 10.9. The molecular formula is C25H34N2O6. The number of methoxy groups -OCH3 is 4. The molecule has 33 heavy (non-hydrogen) atoms. The lowest BCUT2D eigenvalue weighted by molar-refractivity contribution is 0.0944. The molecule has 0 aliphatic carbocycles. The summed E-state index contributed by atoms with van der Waals surface area (Å²) in [5.74, 6) is 2.00. The normalized spacial score (nSPS) is 10.4. The van der Waals surface area contributed by atoms with Gasteiger partial charge in [-0.05, 0) is 57.4 Å². The first-order valence-electron chi connectivity index (χ1n) is 10.9. The Morgan fingerprint density at radius 1 is 0.636 bits per heavy atom. The van der Waals surface area contributed by atoms with Gasteiger partial charge in [-0.2, -0.15) is 0 Å². The van der Waals surface area contributed by atoms with Gasteiger partial charge in [0.15, 0.2) is 0 Å². The molecule has 2 aromatic carbocycles. The number of hydrogen-bond donors (Lipinski definition) is 2. The standard InChI is InChI=1S/C25H34N2O6/c1-16-20(30-3)12-10-18(22(16)32-5)24(28)26-14-8-7-9-15-27-25(29)19-11-13-21(31-4)17(2)23(19)33-6/h10-13H,7-9,14-15H2,1-6H3,(H,26,28)(H,27,29). The molecule has 0 aromatic heterocycles. The van der Waals surface area contributed by atoms with Gasteiger partial charge >= 0.3 is 0 Å². The lowest BCUT2D eigenvalue weighted by Gasteiger charge is -2.15. The molecule has 0 saturated heterocycles. The maximum atomic E-state index is 12.5. The van der Waals surface area contributed by atoms with E-state index >= 15 is 0 Å². The van der Waals surface area contributed by atoms with Crippen molar-refractivity contribution in [2.24, 2.45) is 0 Å². The minimum Gasteiger partial charge on any atom is -0.496 e. The molecular weight excluding hydrogens is 424 g/mol. The number of ether oxygens (including phenoxy) is 4. The van der Waals surface area contributed by atoms with E-state index in [9.17, 15) is 9.59 Å². The van der Waals surface area contributed by atoms with Crippen LogP contribution in [0.2, 0.25) is 0 Å². The minimum absolute atomic E-state index is 0.187. The van der Waals surface area contributed by atoms with E-state index < -0.39 is 0 Å². The number of carbonyl (C=O) groups excluding carboxylic acids is 2. The van der Waals surface area contributed by atoms with Gasteiger partial charge < -0.3 is 29.6 Å². The van der Waals surface area contributed by atoms with Crippen LogP contribution in [0, 0.1) is 13.8 Å². The van der Waals surface area contributed by atoms with Crippen LogP contribution >= 0.6 is 0 Å². The highest BCUT2D eigenvalue weighted by atomic mass is 16.5. The Kier molecular flexibility index (Phi) is 9.84. The molecule has 0 unspecified atom stereocenters. The van der Waals surface area contributed by atoms with Gasteiger partial charge in [0, 0.05) is 24.2 Å². The van der Waals surface area contributed by atoms with Crippen molar-refractivity contribution in [2.75, 3.05) is 41.5 Å². The zero-order valence-corrected chi connectivity index (χ0v) is 20.3. The minimum atomic E-state index is -0.187. The van der Waals surface area contributed by atoms with Crippen LogP contribution in [0.4, 0.5) is 0 Å². The molecule has 0 heterocycles.